The lowest BCUT2D eigenvalue weighted by Gasteiger charge is -2.22. The Morgan fingerprint density at radius 3 is 2.06 bits per heavy atom. The van der Waals surface area contributed by atoms with E-state index in [4.69, 9.17) is 4.43 Å². The van der Waals surface area contributed by atoms with Gasteiger partial charge in [-0.3, -0.25) is 0 Å². The predicted octanol–water partition coefficient (Wildman–Crippen LogP) is 5.51. The quantitative estimate of drug-likeness (QED) is 0.576. The Bertz CT molecular complexity index is 343. The van der Waals surface area contributed by atoms with Gasteiger partial charge in [0, 0.05) is 6.42 Å². The van der Waals surface area contributed by atoms with Gasteiger partial charge in [0.25, 0.3) is 0 Å². The fourth-order valence-electron chi connectivity index (χ4n) is 2.44. The average Bonchev–Trinajstić information content (AvgIpc) is 2.42. The predicted molar refractivity (Wildman–Crippen MR) is 83.1 cm³/mol. The summed E-state index contributed by atoms with van der Waals surface area (Å²) in [4.78, 5) is 0. The highest BCUT2D eigenvalue weighted by atomic mass is 28.4. The Kier molecular flexibility index (Phi) is 5.27. The number of rotatable bonds is 6. The van der Waals surface area contributed by atoms with Crippen LogP contribution < -0.4 is 0 Å². The molecule has 0 saturated heterocycles. The molecule has 0 N–H and O–H groups in total. The van der Waals surface area contributed by atoms with Crippen molar-refractivity contribution in [2.24, 2.45) is 11.8 Å². The molecule has 1 rings (SSSR count). The Morgan fingerprint density at radius 2 is 1.61 bits per heavy atom. The lowest BCUT2D eigenvalue weighted by atomic mass is 10.0. The second-order valence-corrected chi connectivity index (χ2v) is 11.8. The van der Waals surface area contributed by atoms with Crippen LogP contribution in [0.1, 0.15) is 47.0 Å². The Labute approximate surface area is 114 Å². The van der Waals surface area contributed by atoms with Crippen molar-refractivity contribution in [2.75, 3.05) is 0 Å². The van der Waals surface area contributed by atoms with Crippen molar-refractivity contribution in [2.45, 2.75) is 66.6 Å². The van der Waals surface area contributed by atoms with Crippen molar-refractivity contribution < 1.29 is 4.43 Å². The van der Waals surface area contributed by atoms with Gasteiger partial charge in [-0.05, 0) is 49.9 Å². The van der Waals surface area contributed by atoms with E-state index in [1.807, 2.05) is 0 Å². The fraction of sp³-hybridized carbons (Fsp3) is 0.750. The van der Waals surface area contributed by atoms with Gasteiger partial charge in [0.2, 0.25) is 8.32 Å². The monoisotopic (exact) mass is 266 g/mol. The summed E-state index contributed by atoms with van der Waals surface area (Å²) in [5.74, 6) is 2.72. The van der Waals surface area contributed by atoms with Crippen LogP contribution in [-0.4, -0.2) is 8.32 Å². The molecule has 0 aromatic carbocycles. The lowest BCUT2D eigenvalue weighted by Crippen LogP contribution is -2.25. The number of hydrogen-bond acceptors (Lipinski definition) is 1. The first-order chi connectivity index (χ1) is 8.17. The van der Waals surface area contributed by atoms with Crippen LogP contribution in [-0.2, 0) is 4.43 Å². The number of allylic oxidation sites excluding steroid dienone is 3. The van der Waals surface area contributed by atoms with Gasteiger partial charge in [0.1, 0.15) is 0 Å². The molecule has 0 amide bonds. The first kappa shape index (κ1) is 15.6. The molecule has 0 aliphatic heterocycles. The molecular weight excluding hydrogens is 236 g/mol. The third-order valence-corrected chi connectivity index (χ3v) is 3.71. The first-order valence-corrected chi connectivity index (χ1v) is 10.7. The molecule has 0 fully saturated rings. The molecule has 0 atom stereocenters. The third-order valence-electron chi connectivity index (χ3n) is 2.85. The van der Waals surface area contributed by atoms with E-state index in [2.05, 4.69) is 53.4 Å². The van der Waals surface area contributed by atoms with E-state index in [-0.39, 0.29) is 0 Å². The molecule has 0 unspecified atom stereocenters. The molecule has 0 heterocycles. The van der Waals surface area contributed by atoms with Crippen LogP contribution in [0.5, 0.6) is 0 Å². The average molecular weight is 267 g/mol. The maximum Gasteiger partial charge on any atom is 0.241 e. The van der Waals surface area contributed by atoms with Gasteiger partial charge in [0.05, 0.1) is 5.76 Å². The van der Waals surface area contributed by atoms with Crippen LogP contribution in [0.25, 0.3) is 0 Å². The molecule has 0 radical (unpaired) electrons. The van der Waals surface area contributed by atoms with E-state index in [1.165, 1.54) is 17.8 Å². The second-order valence-electron chi connectivity index (χ2n) is 7.34. The maximum absolute atomic E-state index is 6.29. The zero-order chi connectivity index (χ0) is 13.9. The zero-order valence-electron chi connectivity index (χ0n) is 13.3. The van der Waals surface area contributed by atoms with Gasteiger partial charge in [-0.1, -0.05) is 39.3 Å². The number of hydrogen-bond donors (Lipinski definition) is 0. The molecule has 1 aliphatic rings. The van der Waals surface area contributed by atoms with Crippen LogP contribution >= 0.6 is 0 Å². The highest BCUT2D eigenvalue weighted by Gasteiger charge is 2.24. The molecule has 18 heavy (non-hydrogen) atoms. The van der Waals surface area contributed by atoms with Gasteiger partial charge in [-0.2, -0.15) is 0 Å². The SMILES string of the molecule is CC(C)CC1=CC(CC(C)C)=C(O[Si](C)(C)C)C1. The van der Waals surface area contributed by atoms with E-state index in [0.717, 1.165) is 18.8 Å². The minimum absolute atomic E-state index is 0.704. The van der Waals surface area contributed by atoms with Crippen molar-refractivity contribution in [3.8, 4) is 0 Å². The summed E-state index contributed by atoms with van der Waals surface area (Å²) in [6.07, 6.45) is 5.83. The van der Waals surface area contributed by atoms with Crippen molar-refractivity contribution in [3.05, 3.63) is 23.0 Å². The maximum atomic E-state index is 6.29. The van der Waals surface area contributed by atoms with Crippen molar-refractivity contribution in [1.82, 2.24) is 0 Å². The molecule has 1 nitrogen and oxygen atoms in total. The van der Waals surface area contributed by atoms with Crippen LogP contribution in [0, 0.1) is 11.8 Å². The molecule has 0 bridgehead atoms. The third kappa shape index (κ3) is 5.43. The first-order valence-electron chi connectivity index (χ1n) is 7.28. The summed E-state index contributed by atoms with van der Waals surface area (Å²) in [6.45, 7) is 16.0. The highest BCUT2D eigenvalue weighted by molar-refractivity contribution is 6.70. The van der Waals surface area contributed by atoms with Crippen LogP contribution in [0.4, 0.5) is 0 Å². The molecule has 2 heteroatoms. The summed E-state index contributed by atoms with van der Waals surface area (Å²) in [5.41, 5.74) is 3.02. The molecule has 0 aromatic heterocycles. The standard InChI is InChI=1S/C16H30OSi/c1-12(2)8-14-10-15(9-13(3)4)16(11-14)17-18(5,6)7/h10,12-13H,8-9,11H2,1-7H3. The van der Waals surface area contributed by atoms with Gasteiger partial charge >= 0.3 is 0 Å². The summed E-state index contributed by atoms with van der Waals surface area (Å²) in [5, 5.41) is 0. The Hall–Kier alpha value is -0.503. The molecule has 0 aromatic rings. The van der Waals surface area contributed by atoms with Crippen molar-refractivity contribution in [3.63, 3.8) is 0 Å². The van der Waals surface area contributed by atoms with Gasteiger partial charge in [0.15, 0.2) is 0 Å². The summed E-state index contributed by atoms with van der Waals surface area (Å²) in [6, 6.07) is 0. The van der Waals surface area contributed by atoms with E-state index in [1.54, 1.807) is 5.57 Å². The van der Waals surface area contributed by atoms with Crippen LogP contribution in [0.15, 0.2) is 23.0 Å². The molecule has 1 aliphatic carbocycles. The van der Waals surface area contributed by atoms with Crippen molar-refractivity contribution in [1.29, 1.82) is 0 Å². The summed E-state index contributed by atoms with van der Waals surface area (Å²) < 4.78 is 6.29. The molecular formula is C16H30OSi. The molecule has 104 valence electrons. The highest BCUT2D eigenvalue weighted by Crippen LogP contribution is 2.34. The molecule has 0 spiro atoms. The normalized spacial score (nSPS) is 16.8. The Balaban J connectivity index is 2.78. The van der Waals surface area contributed by atoms with E-state index in [0.29, 0.717) is 5.92 Å². The Morgan fingerprint density at radius 1 is 1.06 bits per heavy atom. The second kappa shape index (κ2) is 6.09. The molecule has 0 saturated carbocycles. The zero-order valence-corrected chi connectivity index (χ0v) is 14.3. The summed E-state index contributed by atoms with van der Waals surface area (Å²) in [7, 11) is -1.48. The van der Waals surface area contributed by atoms with Gasteiger partial charge in [-0.15, -0.1) is 0 Å². The fourth-order valence-corrected chi connectivity index (χ4v) is 3.38. The largest absolute Gasteiger partial charge is 0.547 e. The van der Waals surface area contributed by atoms with E-state index in [9.17, 15) is 0 Å². The van der Waals surface area contributed by atoms with Gasteiger partial charge in [-0.25, -0.2) is 0 Å². The lowest BCUT2D eigenvalue weighted by molar-refractivity contribution is 0.401. The smallest absolute Gasteiger partial charge is 0.241 e. The van der Waals surface area contributed by atoms with Gasteiger partial charge < -0.3 is 4.43 Å². The topological polar surface area (TPSA) is 9.23 Å². The minimum Gasteiger partial charge on any atom is -0.547 e. The van der Waals surface area contributed by atoms with Crippen molar-refractivity contribution >= 4 is 8.32 Å². The van der Waals surface area contributed by atoms with E-state index >= 15 is 0 Å². The van der Waals surface area contributed by atoms with Crippen LogP contribution in [0.3, 0.4) is 0 Å². The minimum atomic E-state index is -1.48. The summed E-state index contributed by atoms with van der Waals surface area (Å²) >= 11 is 0. The van der Waals surface area contributed by atoms with E-state index < -0.39 is 8.32 Å². The van der Waals surface area contributed by atoms with Crippen LogP contribution in [0.2, 0.25) is 19.6 Å².